The quantitative estimate of drug-likeness (QED) is 0.0161. The zero-order valence-corrected chi connectivity index (χ0v) is 85.5. The Morgan fingerprint density at radius 1 is 0.203 bits per heavy atom. The summed E-state index contributed by atoms with van der Waals surface area (Å²) in [4.78, 5) is 49.2. The third kappa shape index (κ3) is 25.0. The molecule has 0 aliphatic rings. The summed E-state index contributed by atoms with van der Waals surface area (Å²) in [5.74, 6) is 1.64. The van der Waals surface area contributed by atoms with Crippen LogP contribution in [0.5, 0.6) is 0 Å². The first kappa shape index (κ1) is 101. The van der Waals surface area contributed by atoms with E-state index in [2.05, 4.69) is 347 Å². The van der Waals surface area contributed by atoms with E-state index in [0.29, 0.717) is 68.3 Å². The number of aryl methyl sites for hydroxylation is 3. The fourth-order valence-electron chi connectivity index (χ4n) is 21.3. The summed E-state index contributed by atoms with van der Waals surface area (Å²) in [6, 6.07) is 113. The molecule has 0 spiro atoms. The molecule has 8 heteroatoms. The minimum Gasteiger partial charge on any atom is -0.461 e. The number of ether oxygens (including phenoxy) is 4. The Balaban J connectivity index is 0.000000132. The van der Waals surface area contributed by atoms with Gasteiger partial charge in [-0.05, 0) is 303 Å². The summed E-state index contributed by atoms with van der Waals surface area (Å²) < 4.78 is 22.2. The van der Waals surface area contributed by atoms with Gasteiger partial charge in [-0.1, -0.05) is 436 Å². The first-order chi connectivity index (χ1) is 70.1. The number of esters is 4. The lowest BCUT2D eigenvalue weighted by molar-refractivity contribution is -0.146. The van der Waals surface area contributed by atoms with Crippen LogP contribution in [0.25, 0.3) is 129 Å². The molecule has 0 fully saturated rings. The molecule has 20 aromatic rings. The molecule has 0 bridgehead atoms. The lowest BCUT2D eigenvalue weighted by Crippen LogP contribution is -2.06. The topological polar surface area (TPSA) is 105 Å². The summed E-state index contributed by atoms with van der Waals surface area (Å²) in [6.45, 7) is 19.1. The van der Waals surface area contributed by atoms with Crippen molar-refractivity contribution in [2.75, 3.05) is 0 Å². The van der Waals surface area contributed by atoms with E-state index in [0.717, 1.165) is 105 Å². The SMILES string of the molecule is CCC(C)c1ccc(C(=O)OCc2ccc3ccc4cccc5ccc2c3c45)cc1.CCC(C)c1ccc(COC(=O)CCCCCCCCCCCc2ccc3ccc4cccc5ccc2c3c45)cc1.CCC(C)c1ccc(COC(=O)CCCCCCCCCc2ccc3ccc4cccc5ccc2c3c45)cc1.CCC(C)c1ccc(COC(=O)CCCc2ccc3ccc4cccc5ccc2c3c45)cc1. The number of benzene rings is 20. The summed E-state index contributed by atoms with van der Waals surface area (Å²) >= 11 is 0. The molecule has 4 atom stereocenters. The van der Waals surface area contributed by atoms with Crippen LogP contribution >= 0.6 is 0 Å². The van der Waals surface area contributed by atoms with Crippen molar-refractivity contribution in [1.82, 2.24) is 0 Å². The molecule has 20 aromatic carbocycles. The third-order valence-corrected chi connectivity index (χ3v) is 30.8. The van der Waals surface area contributed by atoms with E-state index < -0.39 is 0 Å². The molecule has 0 aromatic heterocycles. The Morgan fingerprint density at radius 2 is 0.420 bits per heavy atom. The number of hydrogen-bond donors (Lipinski definition) is 0. The van der Waals surface area contributed by atoms with Gasteiger partial charge in [-0.2, -0.15) is 0 Å². The van der Waals surface area contributed by atoms with Crippen molar-refractivity contribution in [3.8, 4) is 0 Å². The van der Waals surface area contributed by atoms with Gasteiger partial charge in [0.1, 0.15) is 26.4 Å². The summed E-state index contributed by atoms with van der Waals surface area (Å²) in [7, 11) is 0. The molecule has 4 unspecified atom stereocenters. The van der Waals surface area contributed by atoms with Crippen LogP contribution in [0.4, 0.5) is 0 Å². The maximum Gasteiger partial charge on any atom is 0.338 e. The Hall–Kier alpha value is -13.6. The number of carbonyl (C=O) groups excluding carboxylic acids is 4. The van der Waals surface area contributed by atoms with Crippen LogP contribution in [0.2, 0.25) is 0 Å². The fourth-order valence-corrected chi connectivity index (χ4v) is 21.3. The molecule has 20 rings (SSSR count). The van der Waals surface area contributed by atoms with Crippen molar-refractivity contribution in [3.63, 3.8) is 0 Å². The molecule has 0 saturated heterocycles. The molecular weight excluding hydrogens is 1750 g/mol. The van der Waals surface area contributed by atoms with Crippen molar-refractivity contribution >= 4 is 153 Å². The Morgan fingerprint density at radius 3 is 0.699 bits per heavy atom. The van der Waals surface area contributed by atoms with Gasteiger partial charge in [0.25, 0.3) is 0 Å². The molecule has 0 N–H and O–H groups in total. The Labute approximate surface area is 846 Å². The highest BCUT2D eigenvalue weighted by molar-refractivity contribution is 6.27. The molecule has 0 aliphatic carbocycles. The molecule has 730 valence electrons. The second kappa shape index (κ2) is 49.4. The smallest absolute Gasteiger partial charge is 0.338 e. The van der Waals surface area contributed by atoms with Gasteiger partial charge in [0.15, 0.2) is 0 Å². The van der Waals surface area contributed by atoms with Gasteiger partial charge in [-0.3, -0.25) is 14.4 Å². The largest absolute Gasteiger partial charge is 0.461 e. The van der Waals surface area contributed by atoms with Crippen LogP contribution in [0, 0.1) is 0 Å². The minimum atomic E-state index is -0.281. The van der Waals surface area contributed by atoms with Gasteiger partial charge in [-0.25, -0.2) is 4.79 Å². The fraction of sp³-hybridized carbons (Fsp3) is 0.319. The number of hydrogen-bond acceptors (Lipinski definition) is 8. The predicted molar refractivity (Wildman–Crippen MR) is 603 cm³/mol. The van der Waals surface area contributed by atoms with Crippen LogP contribution in [0.15, 0.2) is 315 Å². The van der Waals surface area contributed by atoms with Crippen molar-refractivity contribution in [2.24, 2.45) is 0 Å². The summed E-state index contributed by atoms with van der Waals surface area (Å²) in [5.41, 5.74) is 14.4. The number of carbonyl (C=O) groups is 4. The lowest BCUT2D eigenvalue weighted by atomic mass is 9.90. The molecule has 8 nitrogen and oxygen atoms in total. The molecule has 0 radical (unpaired) electrons. The molecule has 143 heavy (non-hydrogen) atoms. The number of unbranched alkanes of at least 4 members (excludes halogenated alkanes) is 14. The summed E-state index contributed by atoms with van der Waals surface area (Å²) in [6.07, 6.45) is 29.2. The molecule has 0 aliphatic heterocycles. The first-order valence-electron chi connectivity index (χ1n) is 53.7. The maximum absolute atomic E-state index is 12.6. The van der Waals surface area contributed by atoms with Crippen molar-refractivity contribution in [1.29, 1.82) is 0 Å². The number of rotatable bonds is 43. The standard InChI is InChI=1S/C39H46O2.C37H42O2.C31H30O2.C28H24O2/c1-3-29(2)31-20-18-30(19-21-31)28-41-37(40)17-12-10-8-6-4-5-7-9-11-14-32-22-23-35-25-24-33-15-13-16-34-26-27-36(32)39(35)38(33)34;1-3-27(2)29-18-16-28(17-19-29)26-39-35(38)15-10-8-6-4-5-7-9-12-30-20-21-33-23-22-31-13-11-14-32-24-25-34(30)37(33)36(31)32;1-3-21(2)23-12-10-22(11-13-23)20-33-29(32)9-5-6-24-14-15-27-17-16-25-7-4-8-26-18-19-28(24)31(27)30(25)26;1-3-18(2)19-7-12-23(13-8-19)28(29)30-17-24-14-11-22-10-9-20-5-4-6-21-15-16-25(24)27(22)26(20)21/h13,15-16,18-27,29H,3-12,14,17,28H2,1-2H3;11,13-14,16-25,27H,3-10,12,15,26H2,1-2H3;4,7-8,10-19,21H,3,5-6,9,20H2,1-2H3;4-16,18H,3,17H2,1-2H3. The van der Waals surface area contributed by atoms with Gasteiger partial charge in [0.2, 0.25) is 0 Å². The predicted octanol–water partition coefficient (Wildman–Crippen LogP) is 37.4. The third-order valence-electron chi connectivity index (χ3n) is 30.8. The van der Waals surface area contributed by atoms with Gasteiger partial charge in [0.05, 0.1) is 5.56 Å². The Kier molecular flexibility index (Phi) is 34.9. The first-order valence-corrected chi connectivity index (χ1v) is 53.7. The van der Waals surface area contributed by atoms with E-state index >= 15 is 0 Å². The zero-order valence-electron chi connectivity index (χ0n) is 85.5. The van der Waals surface area contributed by atoms with E-state index in [4.69, 9.17) is 18.9 Å². The average Bonchev–Trinajstić information content (AvgIpc) is 0.754. The van der Waals surface area contributed by atoms with Crippen LogP contribution in [-0.2, 0) is 79.0 Å². The van der Waals surface area contributed by atoms with Crippen molar-refractivity contribution in [3.05, 3.63) is 382 Å². The van der Waals surface area contributed by atoms with E-state index in [1.807, 2.05) is 24.3 Å². The highest BCUT2D eigenvalue weighted by Gasteiger charge is 2.21. The van der Waals surface area contributed by atoms with Crippen LogP contribution in [-0.4, -0.2) is 23.9 Å². The van der Waals surface area contributed by atoms with Crippen molar-refractivity contribution < 1.29 is 38.1 Å². The molecule has 0 heterocycles. The normalized spacial score (nSPS) is 12.5. The highest BCUT2D eigenvalue weighted by atomic mass is 16.5. The van der Waals surface area contributed by atoms with E-state index in [1.54, 1.807) is 0 Å². The second-order valence-electron chi connectivity index (χ2n) is 40.5. The van der Waals surface area contributed by atoms with E-state index in [9.17, 15) is 19.2 Å². The average molecular weight is 1890 g/mol. The zero-order chi connectivity index (χ0) is 98.9. The summed E-state index contributed by atoms with van der Waals surface area (Å²) in [5, 5.41) is 31.8. The van der Waals surface area contributed by atoms with Crippen molar-refractivity contribution in [2.45, 2.75) is 279 Å². The van der Waals surface area contributed by atoms with Crippen LogP contribution < -0.4 is 0 Å². The van der Waals surface area contributed by atoms with Gasteiger partial charge < -0.3 is 18.9 Å². The molecule has 0 amide bonds. The minimum absolute atomic E-state index is 0.0688. The van der Waals surface area contributed by atoms with Crippen LogP contribution in [0.3, 0.4) is 0 Å². The van der Waals surface area contributed by atoms with E-state index in [1.165, 1.54) is 240 Å². The van der Waals surface area contributed by atoms with Gasteiger partial charge in [0, 0.05) is 19.3 Å². The maximum atomic E-state index is 12.6. The lowest BCUT2D eigenvalue weighted by Gasteiger charge is -2.14. The second-order valence-corrected chi connectivity index (χ2v) is 40.5. The van der Waals surface area contributed by atoms with Crippen LogP contribution in [0.1, 0.15) is 305 Å². The molecular formula is C135H142O8. The monoisotopic (exact) mass is 1890 g/mol. The Bertz CT molecular complexity index is 7510. The van der Waals surface area contributed by atoms with Gasteiger partial charge >= 0.3 is 23.9 Å². The highest BCUT2D eigenvalue weighted by Crippen LogP contribution is 2.43. The van der Waals surface area contributed by atoms with Gasteiger partial charge in [-0.15, -0.1) is 0 Å². The molecule has 0 saturated carbocycles. The van der Waals surface area contributed by atoms with E-state index in [-0.39, 0.29) is 30.5 Å².